The SMILES string of the molecule is COC(C)OCOc1ccc(C(C)=Cc2ccc(C=O)cc2)cc1C12CC3CC(CC(C3)C1)C2. The van der Waals surface area contributed by atoms with Gasteiger partial charge in [-0.15, -0.1) is 0 Å². The van der Waals surface area contributed by atoms with Crippen LogP contribution in [0.25, 0.3) is 11.6 Å². The summed E-state index contributed by atoms with van der Waals surface area (Å²) in [5.74, 6) is 3.54. The molecule has 6 rings (SSSR count). The van der Waals surface area contributed by atoms with Crippen molar-refractivity contribution in [2.24, 2.45) is 17.8 Å². The normalized spacial score (nSPS) is 28.7. The van der Waals surface area contributed by atoms with Crippen LogP contribution in [0.4, 0.5) is 0 Å². The van der Waals surface area contributed by atoms with Crippen molar-refractivity contribution in [2.75, 3.05) is 13.9 Å². The molecule has 1 unspecified atom stereocenters. The smallest absolute Gasteiger partial charge is 0.191 e. The highest BCUT2D eigenvalue weighted by molar-refractivity contribution is 5.82. The van der Waals surface area contributed by atoms with Crippen LogP contribution in [-0.4, -0.2) is 26.5 Å². The number of rotatable bonds is 9. The van der Waals surface area contributed by atoms with Gasteiger partial charge in [0, 0.05) is 18.2 Å². The molecular formula is C30H36O4. The summed E-state index contributed by atoms with van der Waals surface area (Å²) in [6.45, 7) is 4.23. The van der Waals surface area contributed by atoms with Gasteiger partial charge in [0.1, 0.15) is 12.0 Å². The average molecular weight is 461 g/mol. The molecule has 0 heterocycles. The van der Waals surface area contributed by atoms with Crippen LogP contribution in [0.1, 0.15) is 79.4 Å². The van der Waals surface area contributed by atoms with Crippen LogP contribution in [0.2, 0.25) is 0 Å². The summed E-state index contributed by atoms with van der Waals surface area (Å²) in [6.07, 6.45) is 10.9. The maximum atomic E-state index is 11.0. The molecule has 0 N–H and O–H groups in total. The molecular weight excluding hydrogens is 424 g/mol. The Morgan fingerprint density at radius 2 is 1.62 bits per heavy atom. The van der Waals surface area contributed by atoms with E-state index in [9.17, 15) is 4.79 Å². The average Bonchev–Trinajstić information content (AvgIpc) is 2.83. The van der Waals surface area contributed by atoms with Crippen molar-refractivity contribution in [3.8, 4) is 5.75 Å². The van der Waals surface area contributed by atoms with Gasteiger partial charge in [0.25, 0.3) is 0 Å². The van der Waals surface area contributed by atoms with Gasteiger partial charge in [-0.05, 0) is 104 Å². The number of allylic oxidation sites excluding steroid dienone is 1. The van der Waals surface area contributed by atoms with Gasteiger partial charge >= 0.3 is 0 Å². The fraction of sp³-hybridized carbons (Fsp3) is 0.500. The van der Waals surface area contributed by atoms with Crippen molar-refractivity contribution >= 4 is 17.9 Å². The lowest BCUT2D eigenvalue weighted by molar-refractivity contribution is -0.150. The first kappa shape index (κ1) is 23.3. The second-order valence-corrected chi connectivity index (χ2v) is 10.8. The van der Waals surface area contributed by atoms with E-state index >= 15 is 0 Å². The third-order valence-corrected chi connectivity index (χ3v) is 8.35. The van der Waals surface area contributed by atoms with Crippen LogP contribution in [-0.2, 0) is 14.9 Å². The van der Waals surface area contributed by atoms with Gasteiger partial charge in [-0.1, -0.05) is 36.4 Å². The van der Waals surface area contributed by atoms with Crippen molar-refractivity contribution in [3.05, 3.63) is 64.7 Å². The predicted molar refractivity (Wildman–Crippen MR) is 135 cm³/mol. The molecule has 0 aliphatic heterocycles. The van der Waals surface area contributed by atoms with Gasteiger partial charge in [-0.25, -0.2) is 0 Å². The molecule has 2 aromatic carbocycles. The maximum Gasteiger partial charge on any atom is 0.191 e. The molecule has 180 valence electrons. The van der Waals surface area contributed by atoms with Gasteiger partial charge in [0.05, 0.1) is 0 Å². The zero-order valence-corrected chi connectivity index (χ0v) is 20.6. The topological polar surface area (TPSA) is 44.8 Å². The number of carbonyl (C=O) groups is 1. The molecule has 0 amide bonds. The first-order valence-electron chi connectivity index (χ1n) is 12.6. The van der Waals surface area contributed by atoms with Gasteiger partial charge in [0.15, 0.2) is 13.1 Å². The number of hydrogen-bond acceptors (Lipinski definition) is 4. The minimum Gasteiger partial charge on any atom is -0.467 e. The number of aldehydes is 1. The quantitative estimate of drug-likeness (QED) is 0.233. The van der Waals surface area contributed by atoms with Gasteiger partial charge in [0.2, 0.25) is 0 Å². The van der Waals surface area contributed by atoms with Crippen LogP contribution >= 0.6 is 0 Å². The van der Waals surface area contributed by atoms with E-state index in [0.717, 1.165) is 35.4 Å². The highest BCUT2D eigenvalue weighted by Crippen LogP contribution is 2.62. The number of benzene rings is 2. The summed E-state index contributed by atoms with van der Waals surface area (Å²) < 4.78 is 17.1. The van der Waals surface area contributed by atoms with Crippen molar-refractivity contribution in [1.29, 1.82) is 0 Å². The summed E-state index contributed by atoms with van der Waals surface area (Å²) in [5, 5.41) is 0. The molecule has 1 atom stereocenters. The molecule has 4 fully saturated rings. The van der Waals surface area contributed by atoms with Crippen LogP contribution in [0.5, 0.6) is 5.75 Å². The van der Waals surface area contributed by atoms with Crippen molar-refractivity contribution in [3.63, 3.8) is 0 Å². The Bertz CT molecular complexity index is 1020. The summed E-state index contributed by atoms with van der Waals surface area (Å²) in [7, 11) is 1.64. The van der Waals surface area contributed by atoms with Crippen LogP contribution < -0.4 is 4.74 Å². The van der Waals surface area contributed by atoms with Gasteiger partial charge in [-0.2, -0.15) is 0 Å². The first-order chi connectivity index (χ1) is 16.5. The Morgan fingerprint density at radius 1 is 1.00 bits per heavy atom. The van der Waals surface area contributed by atoms with Crippen LogP contribution in [0, 0.1) is 17.8 Å². The van der Waals surface area contributed by atoms with Crippen molar-refractivity contribution < 1.29 is 19.0 Å². The molecule has 0 radical (unpaired) electrons. The number of methoxy groups -OCH3 is 1. The Hall–Kier alpha value is -2.43. The molecule has 4 nitrogen and oxygen atoms in total. The zero-order valence-electron chi connectivity index (χ0n) is 20.6. The van der Waals surface area contributed by atoms with Gasteiger partial charge < -0.3 is 14.2 Å². The van der Waals surface area contributed by atoms with E-state index in [4.69, 9.17) is 14.2 Å². The summed E-state index contributed by atoms with van der Waals surface area (Å²) in [4.78, 5) is 11.0. The molecule has 4 saturated carbocycles. The van der Waals surface area contributed by atoms with Crippen molar-refractivity contribution in [1.82, 2.24) is 0 Å². The standard InChI is InChI=1S/C30H36O4/c1-20(10-22-4-6-23(18-31)7-5-22)27-8-9-29(34-19-33-21(2)32-3)28(14-27)30-15-24-11-25(16-30)13-26(12-24)17-30/h4-10,14,18,21,24-26H,11-13,15-17,19H2,1-3H3. The van der Waals surface area contributed by atoms with Crippen molar-refractivity contribution in [2.45, 2.75) is 64.1 Å². The summed E-state index contributed by atoms with van der Waals surface area (Å²) in [5.41, 5.74) is 5.82. The molecule has 0 aromatic heterocycles. The number of ether oxygens (including phenoxy) is 3. The van der Waals surface area contributed by atoms with E-state index < -0.39 is 0 Å². The highest BCUT2D eigenvalue weighted by Gasteiger charge is 2.52. The second-order valence-electron chi connectivity index (χ2n) is 10.8. The molecule has 34 heavy (non-hydrogen) atoms. The second kappa shape index (κ2) is 9.67. The van der Waals surface area contributed by atoms with Crippen LogP contribution in [0.3, 0.4) is 0 Å². The first-order valence-corrected chi connectivity index (χ1v) is 12.6. The van der Waals surface area contributed by atoms with E-state index in [2.05, 4.69) is 31.2 Å². The third kappa shape index (κ3) is 4.71. The lowest BCUT2D eigenvalue weighted by atomic mass is 9.48. The van der Waals surface area contributed by atoms with Crippen LogP contribution in [0.15, 0.2) is 42.5 Å². The predicted octanol–water partition coefficient (Wildman–Crippen LogP) is 6.87. The fourth-order valence-electron chi connectivity index (χ4n) is 7.02. The Kier molecular flexibility index (Phi) is 6.63. The Labute approximate surface area is 203 Å². The minimum absolute atomic E-state index is 0.186. The maximum absolute atomic E-state index is 11.0. The Morgan fingerprint density at radius 3 is 2.21 bits per heavy atom. The fourth-order valence-corrected chi connectivity index (χ4v) is 7.02. The molecule has 4 bridgehead atoms. The Balaban J connectivity index is 1.47. The number of carbonyl (C=O) groups excluding carboxylic acids is 1. The largest absolute Gasteiger partial charge is 0.467 e. The lowest BCUT2D eigenvalue weighted by Crippen LogP contribution is -2.48. The van der Waals surface area contributed by atoms with E-state index in [1.54, 1.807) is 7.11 Å². The monoisotopic (exact) mass is 460 g/mol. The molecule has 4 aliphatic carbocycles. The molecule has 4 heteroatoms. The molecule has 2 aromatic rings. The number of hydrogen-bond donors (Lipinski definition) is 0. The molecule has 4 aliphatic rings. The minimum atomic E-state index is -0.293. The lowest BCUT2D eigenvalue weighted by Gasteiger charge is -2.57. The van der Waals surface area contributed by atoms with E-state index in [1.807, 2.05) is 31.2 Å². The molecule has 0 saturated heterocycles. The van der Waals surface area contributed by atoms with Gasteiger partial charge in [-0.3, -0.25) is 4.79 Å². The van der Waals surface area contributed by atoms with E-state index in [0.29, 0.717) is 5.56 Å². The summed E-state index contributed by atoms with van der Waals surface area (Å²) in [6, 6.07) is 14.4. The van der Waals surface area contributed by atoms with E-state index in [-0.39, 0.29) is 18.5 Å². The summed E-state index contributed by atoms with van der Waals surface area (Å²) >= 11 is 0. The highest BCUT2D eigenvalue weighted by atomic mass is 16.7. The zero-order chi connectivity index (χ0) is 23.7. The third-order valence-electron chi connectivity index (χ3n) is 8.35. The van der Waals surface area contributed by atoms with E-state index in [1.165, 1.54) is 55.2 Å². The molecule has 0 spiro atoms.